The molecule has 1 fully saturated rings. The van der Waals surface area contributed by atoms with Crippen molar-refractivity contribution in [2.24, 2.45) is 5.92 Å². The highest BCUT2D eigenvalue weighted by atomic mass is 19.4. The molecule has 34 heavy (non-hydrogen) atoms. The quantitative estimate of drug-likeness (QED) is 0.620. The van der Waals surface area contributed by atoms with Crippen LogP contribution in [0, 0.1) is 11.7 Å². The molecule has 6 nitrogen and oxygen atoms in total. The maximum atomic E-state index is 13.9. The van der Waals surface area contributed by atoms with Crippen LogP contribution in [0.2, 0.25) is 0 Å². The van der Waals surface area contributed by atoms with Crippen LogP contribution < -0.4 is 0 Å². The smallest absolute Gasteiger partial charge is 0.481 e. The van der Waals surface area contributed by atoms with E-state index in [1.165, 1.54) is 17.2 Å². The maximum Gasteiger partial charge on any atom is 0.490 e. The lowest BCUT2D eigenvalue weighted by Crippen LogP contribution is -2.45. The van der Waals surface area contributed by atoms with Crippen LogP contribution >= 0.6 is 0 Å². The van der Waals surface area contributed by atoms with E-state index in [9.17, 15) is 27.5 Å². The molecule has 4 rings (SSSR count). The van der Waals surface area contributed by atoms with Crippen molar-refractivity contribution in [3.63, 3.8) is 0 Å². The summed E-state index contributed by atoms with van der Waals surface area (Å²) in [4.78, 5) is 22.8. The van der Waals surface area contributed by atoms with E-state index in [2.05, 4.69) is 23.1 Å². The van der Waals surface area contributed by atoms with Gasteiger partial charge in [-0.25, -0.2) is 9.18 Å². The second-order valence-electron chi connectivity index (χ2n) is 8.37. The number of hydrogen-bond acceptors (Lipinski definition) is 4. The average Bonchev–Trinajstić information content (AvgIpc) is 3.14. The second-order valence-corrected chi connectivity index (χ2v) is 8.37. The number of hydrogen-bond donors (Lipinski definition) is 2. The Morgan fingerprint density at radius 3 is 2.21 bits per heavy atom. The molecule has 0 bridgehead atoms. The number of halogens is 4. The highest BCUT2D eigenvalue weighted by molar-refractivity contribution is 5.73. The molecule has 0 aliphatic carbocycles. The van der Waals surface area contributed by atoms with Gasteiger partial charge in [0.25, 0.3) is 0 Å². The second kappa shape index (κ2) is 10.5. The molecule has 1 saturated heterocycles. The number of fused-ring (bicyclic) bond motifs is 2. The third kappa shape index (κ3) is 6.12. The van der Waals surface area contributed by atoms with Gasteiger partial charge in [0.15, 0.2) is 0 Å². The monoisotopic (exact) mass is 483 g/mol. The van der Waals surface area contributed by atoms with Gasteiger partial charge in [0.05, 0.1) is 18.1 Å². The van der Waals surface area contributed by atoms with Crippen molar-refractivity contribution in [2.45, 2.75) is 37.6 Å². The van der Waals surface area contributed by atoms with Gasteiger partial charge in [0.1, 0.15) is 5.82 Å². The Labute approximate surface area is 193 Å². The summed E-state index contributed by atoms with van der Waals surface area (Å²) >= 11 is 0. The molecule has 2 aromatic rings. The highest BCUT2D eigenvalue weighted by Crippen LogP contribution is 2.44. The molecule has 0 saturated carbocycles. The van der Waals surface area contributed by atoms with Crippen LogP contribution in [0.5, 0.6) is 0 Å². The Kier molecular flexibility index (Phi) is 7.93. The van der Waals surface area contributed by atoms with Crippen LogP contribution in [-0.2, 0) is 33.0 Å². The minimum Gasteiger partial charge on any atom is -0.481 e. The van der Waals surface area contributed by atoms with Crippen molar-refractivity contribution < 1.29 is 42.1 Å². The number of rotatable bonds is 5. The minimum atomic E-state index is -5.08. The van der Waals surface area contributed by atoms with Gasteiger partial charge >= 0.3 is 18.1 Å². The Hall–Kier alpha value is -2.98. The zero-order valence-corrected chi connectivity index (χ0v) is 18.2. The molecule has 2 heterocycles. The zero-order valence-electron chi connectivity index (χ0n) is 18.2. The lowest BCUT2D eigenvalue weighted by atomic mass is 9.83. The van der Waals surface area contributed by atoms with Gasteiger partial charge < -0.3 is 19.8 Å². The third-order valence-corrected chi connectivity index (χ3v) is 6.17. The van der Waals surface area contributed by atoms with E-state index in [1.54, 1.807) is 18.2 Å². The van der Waals surface area contributed by atoms with E-state index in [1.807, 2.05) is 6.07 Å². The molecule has 0 radical (unpaired) electrons. The van der Waals surface area contributed by atoms with Gasteiger partial charge in [0.2, 0.25) is 0 Å². The Morgan fingerprint density at radius 1 is 1.03 bits per heavy atom. The molecule has 2 aliphatic rings. The number of likely N-dealkylation sites (tertiary alicyclic amines) is 1. The summed E-state index contributed by atoms with van der Waals surface area (Å²) in [5, 5.41) is 16.7. The fourth-order valence-electron chi connectivity index (χ4n) is 4.37. The lowest BCUT2D eigenvalue weighted by Gasteiger charge is -2.40. The fourth-order valence-corrected chi connectivity index (χ4v) is 4.37. The number of ether oxygens (including phenoxy) is 1. The first-order valence-electron chi connectivity index (χ1n) is 10.7. The topological polar surface area (TPSA) is 87.1 Å². The van der Waals surface area contributed by atoms with Crippen LogP contribution in [0.3, 0.4) is 0 Å². The summed E-state index contributed by atoms with van der Waals surface area (Å²) in [6.45, 7) is 2.66. The predicted molar refractivity (Wildman–Crippen MR) is 114 cm³/mol. The Morgan fingerprint density at radius 2 is 1.62 bits per heavy atom. The number of piperidine rings is 1. The number of carbonyl (C=O) groups is 2. The average molecular weight is 483 g/mol. The molecule has 2 aliphatic heterocycles. The van der Waals surface area contributed by atoms with Gasteiger partial charge in [-0.15, -0.1) is 0 Å². The van der Waals surface area contributed by atoms with Crippen LogP contribution in [0.4, 0.5) is 17.6 Å². The molecule has 0 amide bonds. The summed E-state index contributed by atoms with van der Waals surface area (Å²) in [6.07, 6.45) is -3.16. The van der Waals surface area contributed by atoms with Gasteiger partial charge in [0, 0.05) is 19.6 Å². The number of alkyl halides is 3. The number of benzene rings is 2. The van der Waals surface area contributed by atoms with Gasteiger partial charge in [-0.05, 0) is 42.0 Å². The molecule has 184 valence electrons. The molecule has 1 unspecified atom stereocenters. The summed E-state index contributed by atoms with van der Waals surface area (Å²) in [5.74, 6) is -4.58. The first kappa shape index (κ1) is 25.6. The summed E-state index contributed by atoms with van der Waals surface area (Å²) in [6, 6.07) is 14.8. The van der Waals surface area contributed by atoms with Crippen LogP contribution in [0.15, 0.2) is 48.5 Å². The largest absolute Gasteiger partial charge is 0.490 e. The number of carboxylic acid groups (broad SMARTS) is 2. The van der Waals surface area contributed by atoms with E-state index in [0.29, 0.717) is 18.7 Å². The summed E-state index contributed by atoms with van der Waals surface area (Å²) in [7, 11) is 0. The molecule has 2 aromatic carbocycles. The molecular weight excluding hydrogens is 458 g/mol. The summed E-state index contributed by atoms with van der Waals surface area (Å²) in [5.41, 5.74) is 2.78. The predicted octanol–water partition coefficient (Wildman–Crippen LogP) is 4.22. The Balaban J connectivity index is 0.000000406. The standard InChI is InChI=1S/C22H24FNO3.C2HF3O2/c23-20-8-4-2-5-16(20)13-18(21(25)26)14-24-11-9-22(10-12-24)19-7-3-1-6-17(19)15-27-22;3-2(4,5)1(6)7/h1-8,18H,9-15H2,(H,25,26);(H,6,7). The van der Waals surface area contributed by atoms with Crippen molar-refractivity contribution in [3.05, 3.63) is 71.0 Å². The SMILES string of the molecule is O=C(O)C(Cc1ccccc1F)CN1CCC2(CC1)OCc1ccccc12.O=C(O)C(F)(F)F. The molecular formula is C24H25F4NO5. The normalized spacial score (nSPS) is 18.0. The van der Waals surface area contributed by atoms with E-state index in [4.69, 9.17) is 14.6 Å². The van der Waals surface area contributed by atoms with Crippen molar-refractivity contribution in [1.29, 1.82) is 0 Å². The number of carboxylic acids is 2. The van der Waals surface area contributed by atoms with Crippen molar-refractivity contribution in [2.75, 3.05) is 19.6 Å². The van der Waals surface area contributed by atoms with E-state index < -0.39 is 24.0 Å². The van der Waals surface area contributed by atoms with Crippen LogP contribution in [0.25, 0.3) is 0 Å². The fraction of sp³-hybridized carbons (Fsp3) is 0.417. The first-order valence-corrected chi connectivity index (χ1v) is 10.7. The molecule has 1 atom stereocenters. The van der Waals surface area contributed by atoms with Gasteiger partial charge in [-0.3, -0.25) is 4.79 Å². The lowest BCUT2D eigenvalue weighted by molar-refractivity contribution is -0.192. The minimum absolute atomic E-state index is 0.211. The molecule has 10 heteroatoms. The maximum absolute atomic E-state index is 13.9. The van der Waals surface area contributed by atoms with E-state index >= 15 is 0 Å². The number of nitrogens with zero attached hydrogens (tertiary/aromatic N) is 1. The van der Waals surface area contributed by atoms with Crippen molar-refractivity contribution >= 4 is 11.9 Å². The summed E-state index contributed by atoms with van der Waals surface area (Å²) < 4.78 is 51.8. The van der Waals surface area contributed by atoms with Crippen LogP contribution in [-0.4, -0.2) is 52.9 Å². The molecule has 0 aromatic heterocycles. The third-order valence-electron chi connectivity index (χ3n) is 6.17. The Bertz CT molecular complexity index is 1020. The zero-order chi connectivity index (χ0) is 24.9. The van der Waals surface area contributed by atoms with Gasteiger partial charge in [-0.2, -0.15) is 13.2 Å². The first-order chi connectivity index (χ1) is 16.0. The molecule has 1 spiro atoms. The van der Waals surface area contributed by atoms with Crippen LogP contribution in [0.1, 0.15) is 29.5 Å². The highest BCUT2D eigenvalue weighted by Gasteiger charge is 2.42. The van der Waals surface area contributed by atoms with E-state index in [0.717, 1.165) is 25.9 Å². The van der Waals surface area contributed by atoms with Crippen molar-refractivity contribution in [3.8, 4) is 0 Å². The number of aliphatic carboxylic acids is 2. The van der Waals surface area contributed by atoms with Gasteiger partial charge in [-0.1, -0.05) is 42.5 Å². The molecule has 2 N–H and O–H groups in total. The van der Waals surface area contributed by atoms with E-state index in [-0.39, 0.29) is 17.8 Å². The van der Waals surface area contributed by atoms with Crippen molar-refractivity contribution in [1.82, 2.24) is 4.90 Å².